The van der Waals surface area contributed by atoms with E-state index in [-0.39, 0.29) is 12.2 Å². The second-order valence-corrected chi connectivity index (χ2v) is 3.27. The van der Waals surface area contributed by atoms with Crippen molar-refractivity contribution in [2.45, 2.75) is 12.5 Å². The van der Waals surface area contributed by atoms with Gasteiger partial charge in [0.1, 0.15) is 5.75 Å². The van der Waals surface area contributed by atoms with Gasteiger partial charge < -0.3 is 15.6 Å². The van der Waals surface area contributed by atoms with Crippen LogP contribution in [-0.4, -0.2) is 18.2 Å². The molecule has 1 aromatic rings. The largest absolute Gasteiger partial charge is 0.508 e. The molecule has 16 heavy (non-hydrogen) atoms. The van der Waals surface area contributed by atoms with E-state index in [9.17, 15) is 9.90 Å². The number of nitriles is 1. The fourth-order valence-corrected chi connectivity index (χ4v) is 1.29. The molecule has 5 nitrogen and oxygen atoms in total. The summed E-state index contributed by atoms with van der Waals surface area (Å²) < 4.78 is 4.47. The van der Waals surface area contributed by atoms with E-state index in [1.807, 2.05) is 6.07 Å². The standard InChI is InChI=1S/C11H12N2O3/c1-16-11(15)5-9(13)8-4-7(6-12)2-3-10(8)14/h2-4,9,14H,5,13H2,1H3/t9-/m0/s1. The Labute approximate surface area is 93.1 Å². The minimum Gasteiger partial charge on any atom is -0.508 e. The molecule has 0 aliphatic carbocycles. The monoisotopic (exact) mass is 220 g/mol. The van der Waals surface area contributed by atoms with Crippen molar-refractivity contribution in [1.82, 2.24) is 0 Å². The Morgan fingerprint density at radius 1 is 1.69 bits per heavy atom. The Bertz CT molecular complexity index is 437. The summed E-state index contributed by atoms with van der Waals surface area (Å²) in [7, 11) is 1.26. The molecule has 0 aliphatic heterocycles. The number of esters is 1. The fraction of sp³-hybridized carbons (Fsp3) is 0.273. The minimum absolute atomic E-state index is 0.0320. The van der Waals surface area contributed by atoms with Crippen LogP contribution in [0.2, 0.25) is 0 Å². The second-order valence-electron chi connectivity index (χ2n) is 3.27. The number of ether oxygens (including phenoxy) is 1. The Morgan fingerprint density at radius 3 is 2.94 bits per heavy atom. The van der Waals surface area contributed by atoms with Crippen LogP contribution in [0.3, 0.4) is 0 Å². The summed E-state index contributed by atoms with van der Waals surface area (Å²) >= 11 is 0. The lowest BCUT2D eigenvalue weighted by Gasteiger charge is -2.12. The number of aromatic hydroxyl groups is 1. The summed E-state index contributed by atoms with van der Waals surface area (Å²) in [6, 6.07) is 5.57. The van der Waals surface area contributed by atoms with Crippen LogP contribution in [0.25, 0.3) is 0 Å². The molecule has 84 valence electrons. The van der Waals surface area contributed by atoms with Crippen molar-refractivity contribution in [3.8, 4) is 11.8 Å². The van der Waals surface area contributed by atoms with Gasteiger partial charge in [-0.15, -0.1) is 0 Å². The molecule has 0 bridgehead atoms. The number of nitrogens with zero attached hydrogens (tertiary/aromatic N) is 1. The third kappa shape index (κ3) is 2.72. The van der Waals surface area contributed by atoms with Gasteiger partial charge in [-0.05, 0) is 18.2 Å². The SMILES string of the molecule is COC(=O)C[C@H](N)c1cc(C#N)ccc1O. The highest BCUT2D eigenvalue weighted by molar-refractivity contribution is 5.70. The highest BCUT2D eigenvalue weighted by Gasteiger charge is 2.15. The van der Waals surface area contributed by atoms with E-state index >= 15 is 0 Å². The highest BCUT2D eigenvalue weighted by atomic mass is 16.5. The van der Waals surface area contributed by atoms with Crippen molar-refractivity contribution < 1.29 is 14.6 Å². The third-order valence-electron chi connectivity index (χ3n) is 2.17. The van der Waals surface area contributed by atoms with Gasteiger partial charge in [-0.2, -0.15) is 5.26 Å². The van der Waals surface area contributed by atoms with E-state index < -0.39 is 12.0 Å². The number of hydrogen-bond donors (Lipinski definition) is 2. The maximum Gasteiger partial charge on any atom is 0.307 e. The van der Waals surface area contributed by atoms with Crippen molar-refractivity contribution in [1.29, 1.82) is 5.26 Å². The van der Waals surface area contributed by atoms with Crippen LogP contribution in [0.4, 0.5) is 0 Å². The number of hydrogen-bond acceptors (Lipinski definition) is 5. The second kappa shape index (κ2) is 5.14. The van der Waals surface area contributed by atoms with Gasteiger partial charge in [0.2, 0.25) is 0 Å². The zero-order valence-corrected chi connectivity index (χ0v) is 8.80. The van der Waals surface area contributed by atoms with Gasteiger partial charge in [0, 0.05) is 11.6 Å². The summed E-state index contributed by atoms with van der Waals surface area (Å²) in [5, 5.41) is 18.2. The van der Waals surface area contributed by atoms with Crippen LogP contribution in [0.15, 0.2) is 18.2 Å². The van der Waals surface area contributed by atoms with Crippen LogP contribution in [0.1, 0.15) is 23.6 Å². The maximum atomic E-state index is 11.0. The molecule has 3 N–H and O–H groups in total. The molecular weight excluding hydrogens is 208 g/mol. The quantitative estimate of drug-likeness (QED) is 0.735. The van der Waals surface area contributed by atoms with E-state index in [1.165, 1.54) is 25.3 Å². The van der Waals surface area contributed by atoms with Gasteiger partial charge in [-0.1, -0.05) is 0 Å². The molecule has 0 saturated heterocycles. The predicted molar refractivity (Wildman–Crippen MR) is 56.4 cm³/mol. The normalized spacial score (nSPS) is 11.6. The molecular formula is C11H12N2O3. The summed E-state index contributed by atoms with van der Waals surface area (Å²) in [6.45, 7) is 0. The molecule has 1 atom stereocenters. The Hall–Kier alpha value is -2.06. The average Bonchev–Trinajstić information content (AvgIpc) is 2.29. The van der Waals surface area contributed by atoms with Gasteiger partial charge >= 0.3 is 5.97 Å². The molecule has 0 aromatic heterocycles. The number of benzene rings is 1. The van der Waals surface area contributed by atoms with Gasteiger partial charge in [-0.3, -0.25) is 4.79 Å². The lowest BCUT2D eigenvalue weighted by atomic mass is 10.0. The zero-order chi connectivity index (χ0) is 12.1. The molecule has 5 heteroatoms. The van der Waals surface area contributed by atoms with Crippen LogP contribution < -0.4 is 5.73 Å². The number of methoxy groups -OCH3 is 1. The summed E-state index contributed by atoms with van der Waals surface area (Å²) in [5.74, 6) is -0.496. The average molecular weight is 220 g/mol. The van der Waals surface area contributed by atoms with Crippen molar-refractivity contribution in [2.75, 3.05) is 7.11 Å². The van der Waals surface area contributed by atoms with Gasteiger partial charge in [-0.25, -0.2) is 0 Å². The summed E-state index contributed by atoms with van der Waals surface area (Å²) in [6.07, 6.45) is -0.0427. The Kier molecular flexibility index (Phi) is 3.86. The Balaban J connectivity index is 2.94. The van der Waals surface area contributed by atoms with Crippen LogP contribution in [0.5, 0.6) is 5.75 Å². The first kappa shape index (κ1) is 12.0. The molecule has 0 amide bonds. The van der Waals surface area contributed by atoms with Gasteiger partial charge in [0.15, 0.2) is 0 Å². The summed E-state index contributed by atoms with van der Waals surface area (Å²) in [4.78, 5) is 11.0. The van der Waals surface area contributed by atoms with Crippen molar-refractivity contribution in [3.05, 3.63) is 29.3 Å². The topological polar surface area (TPSA) is 96.3 Å². The van der Waals surface area contributed by atoms with Crippen LogP contribution in [0, 0.1) is 11.3 Å². The smallest absolute Gasteiger partial charge is 0.307 e. The first-order chi connectivity index (χ1) is 7.58. The number of carbonyl (C=O) groups is 1. The highest BCUT2D eigenvalue weighted by Crippen LogP contribution is 2.25. The van der Waals surface area contributed by atoms with Gasteiger partial charge in [0.25, 0.3) is 0 Å². The van der Waals surface area contributed by atoms with Crippen LogP contribution >= 0.6 is 0 Å². The van der Waals surface area contributed by atoms with E-state index in [0.29, 0.717) is 11.1 Å². The Morgan fingerprint density at radius 2 is 2.38 bits per heavy atom. The van der Waals surface area contributed by atoms with Crippen molar-refractivity contribution >= 4 is 5.97 Å². The number of carbonyl (C=O) groups excluding carboxylic acids is 1. The molecule has 0 spiro atoms. The molecule has 1 aromatic carbocycles. The van der Waals surface area contributed by atoms with E-state index in [4.69, 9.17) is 11.0 Å². The fourth-order valence-electron chi connectivity index (χ4n) is 1.29. The molecule has 1 rings (SSSR count). The molecule has 0 saturated carbocycles. The van der Waals surface area contributed by atoms with E-state index in [1.54, 1.807) is 0 Å². The zero-order valence-electron chi connectivity index (χ0n) is 8.80. The third-order valence-corrected chi connectivity index (χ3v) is 2.17. The number of nitrogens with two attached hydrogens (primary N) is 1. The van der Waals surface area contributed by atoms with Crippen molar-refractivity contribution in [2.24, 2.45) is 5.73 Å². The minimum atomic E-state index is -0.680. The number of rotatable bonds is 3. The lowest BCUT2D eigenvalue weighted by molar-refractivity contribution is -0.141. The predicted octanol–water partition coefficient (Wildman–Crippen LogP) is 0.827. The first-order valence-corrected chi connectivity index (χ1v) is 4.64. The first-order valence-electron chi connectivity index (χ1n) is 4.64. The molecule has 0 unspecified atom stereocenters. The van der Waals surface area contributed by atoms with E-state index in [2.05, 4.69) is 4.74 Å². The lowest BCUT2D eigenvalue weighted by Crippen LogP contribution is -2.16. The van der Waals surface area contributed by atoms with Crippen molar-refractivity contribution in [3.63, 3.8) is 0 Å². The molecule has 0 fully saturated rings. The van der Waals surface area contributed by atoms with Gasteiger partial charge in [0.05, 0.1) is 25.2 Å². The molecule has 0 heterocycles. The summed E-state index contributed by atoms with van der Waals surface area (Å²) in [5.41, 5.74) is 6.47. The molecule has 0 radical (unpaired) electrons. The maximum absolute atomic E-state index is 11.0. The number of phenols is 1. The van der Waals surface area contributed by atoms with Crippen LogP contribution in [-0.2, 0) is 9.53 Å². The van der Waals surface area contributed by atoms with E-state index in [0.717, 1.165) is 0 Å². The number of phenolic OH excluding ortho intramolecular Hbond substituents is 1. The molecule has 0 aliphatic rings.